The number of hydrogen-bond donors (Lipinski definition) is 0. The van der Waals surface area contributed by atoms with Gasteiger partial charge >= 0.3 is 0 Å². The van der Waals surface area contributed by atoms with Crippen LogP contribution in [0, 0.1) is 0 Å². The lowest BCUT2D eigenvalue weighted by Crippen LogP contribution is -2.23. The first kappa shape index (κ1) is 25.0. The highest BCUT2D eigenvalue weighted by molar-refractivity contribution is 5.96. The third-order valence-electron chi connectivity index (χ3n) is 5.60. The molecule has 0 fully saturated rings. The summed E-state index contributed by atoms with van der Waals surface area (Å²) in [4.78, 5) is 29.3. The van der Waals surface area contributed by atoms with Crippen LogP contribution in [0.1, 0.15) is 71.7 Å². The van der Waals surface area contributed by atoms with E-state index < -0.39 is 0 Å². The Balaban J connectivity index is 1.72. The molecule has 168 valence electrons. The van der Waals surface area contributed by atoms with E-state index in [4.69, 9.17) is 0 Å². The van der Waals surface area contributed by atoms with E-state index in [9.17, 15) is 9.59 Å². The van der Waals surface area contributed by atoms with Crippen LogP contribution in [-0.4, -0.2) is 55.1 Å². The van der Waals surface area contributed by atoms with E-state index in [0.29, 0.717) is 12.8 Å². The van der Waals surface area contributed by atoms with Gasteiger partial charge in [-0.05, 0) is 58.1 Å². The molecule has 0 saturated carbocycles. The standard InChI is InChI=1S/C27H38N2O2/c1-4-5-18-28(2)20-17-27(31)25-15-11-12-23(21-25)22-29(3)19-10-9-16-26(30)24-13-7-6-8-14-24/h6-8,11-15,21H,4-5,9-10,16-20,22H2,1-3H3. The average Bonchev–Trinajstić information content (AvgIpc) is 2.79. The van der Waals surface area contributed by atoms with Gasteiger partial charge in [0.15, 0.2) is 11.6 Å². The molecule has 2 aromatic carbocycles. The Morgan fingerprint density at radius 3 is 2.13 bits per heavy atom. The van der Waals surface area contributed by atoms with Gasteiger partial charge in [-0.15, -0.1) is 0 Å². The summed E-state index contributed by atoms with van der Waals surface area (Å²) in [5, 5.41) is 0. The summed E-state index contributed by atoms with van der Waals surface area (Å²) in [5.41, 5.74) is 2.77. The molecule has 0 aliphatic heterocycles. The minimum Gasteiger partial charge on any atom is -0.306 e. The number of benzene rings is 2. The molecular formula is C27H38N2O2. The van der Waals surface area contributed by atoms with Crippen LogP contribution in [0.15, 0.2) is 54.6 Å². The first-order valence-electron chi connectivity index (χ1n) is 11.6. The van der Waals surface area contributed by atoms with Crippen LogP contribution in [0.2, 0.25) is 0 Å². The number of ketones is 2. The lowest BCUT2D eigenvalue weighted by molar-refractivity contribution is 0.0964. The zero-order chi connectivity index (χ0) is 22.5. The summed E-state index contributed by atoms with van der Waals surface area (Å²) in [6, 6.07) is 17.5. The predicted octanol–water partition coefficient (Wildman–Crippen LogP) is 5.48. The van der Waals surface area contributed by atoms with Crippen molar-refractivity contribution in [1.82, 2.24) is 9.80 Å². The number of carbonyl (C=O) groups is 2. The summed E-state index contributed by atoms with van der Waals surface area (Å²) in [6.45, 7) is 5.79. The first-order chi connectivity index (χ1) is 15.0. The molecule has 2 aromatic rings. The zero-order valence-electron chi connectivity index (χ0n) is 19.5. The van der Waals surface area contributed by atoms with Crippen LogP contribution in [-0.2, 0) is 6.54 Å². The van der Waals surface area contributed by atoms with E-state index in [1.165, 1.54) is 12.8 Å². The zero-order valence-corrected chi connectivity index (χ0v) is 19.5. The molecule has 4 heteroatoms. The summed E-state index contributed by atoms with van der Waals surface area (Å²) in [6.07, 6.45) is 5.38. The monoisotopic (exact) mass is 422 g/mol. The van der Waals surface area contributed by atoms with Crippen LogP contribution in [0.25, 0.3) is 0 Å². The Labute approximate surface area is 188 Å². The molecular weight excluding hydrogens is 384 g/mol. The van der Waals surface area contributed by atoms with Crippen molar-refractivity contribution in [3.05, 3.63) is 71.3 Å². The third kappa shape index (κ3) is 9.58. The molecule has 0 unspecified atom stereocenters. The molecule has 31 heavy (non-hydrogen) atoms. The van der Waals surface area contributed by atoms with Gasteiger partial charge in [0.1, 0.15) is 0 Å². The van der Waals surface area contributed by atoms with Gasteiger partial charge in [-0.1, -0.05) is 61.9 Å². The second-order valence-corrected chi connectivity index (χ2v) is 8.51. The van der Waals surface area contributed by atoms with Gasteiger partial charge < -0.3 is 9.80 Å². The molecule has 0 aliphatic carbocycles. The van der Waals surface area contributed by atoms with Gasteiger partial charge in [-0.2, -0.15) is 0 Å². The Bertz CT molecular complexity index is 804. The Kier molecular flexibility index (Phi) is 11.2. The topological polar surface area (TPSA) is 40.6 Å². The van der Waals surface area contributed by atoms with E-state index >= 15 is 0 Å². The molecule has 0 saturated heterocycles. The van der Waals surface area contributed by atoms with E-state index in [1.54, 1.807) is 0 Å². The summed E-state index contributed by atoms with van der Waals surface area (Å²) >= 11 is 0. The van der Waals surface area contributed by atoms with Gasteiger partial charge in [-0.25, -0.2) is 0 Å². The average molecular weight is 423 g/mol. The number of nitrogens with zero attached hydrogens (tertiary/aromatic N) is 2. The lowest BCUT2D eigenvalue weighted by Gasteiger charge is -2.17. The SMILES string of the molecule is CCCCN(C)CCC(=O)c1cccc(CN(C)CCCCC(=O)c2ccccc2)c1. The second kappa shape index (κ2) is 13.9. The quantitative estimate of drug-likeness (QED) is 0.282. The molecule has 0 aromatic heterocycles. The van der Waals surface area contributed by atoms with Crippen molar-refractivity contribution >= 4 is 11.6 Å². The Morgan fingerprint density at radius 1 is 0.710 bits per heavy atom. The smallest absolute Gasteiger partial charge is 0.164 e. The van der Waals surface area contributed by atoms with E-state index in [0.717, 1.165) is 55.7 Å². The summed E-state index contributed by atoms with van der Waals surface area (Å²) < 4.78 is 0. The molecule has 0 bridgehead atoms. The van der Waals surface area contributed by atoms with Crippen molar-refractivity contribution in [2.75, 3.05) is 33.7 Å². The molecule has 0 N–H and O–H groups in total. The summed E-state index contributed by atoms with van der Waals surface area (Å²) in [7, 11) is 4.18. The Morgan fingerprint density at radius 2 is 1.39 bits per heavy atom. The maximum atomic E-state index is 12.6. The number of Topliss-reactive ketones (excluding diaryl/α,β-unsaturated/α-hetero) is 2. The van der Waals surface area contributed by atoms with Gasteiger partial charge in [0.05, 0.1) is 0 Å². The highest BCUT2D eigenvalue weighted by Crippen LogP contribution is 2.12. The van der Waals surface area contributed by atoms with Gasteiger partial charge in [-0.3, -0.25) is 9.59 Å². The van der Waals surface area contributed by atoms with Crippen molar-refractivity contribution < 1.29 is 9.59 Å². The molecule has 0 aliphatic rings. The molecule has 4 nitrogen and oxygen atoms in total. The van der Waals surface area contributed by atoms with Gasteiger partial charge in [0, 0.05) is 37.1 Å². The fourth-order valence-electron chi connectivity index (χ4n) is 3.65. The van der Waals surface area contributed by atoms with Gasteiger partial charge in [0.2, 0.25) is 0 Å². The number of unbranched alkanes of at least 4 members (excludes halogenated alkanes) is 2. The van der Waals surface area contributed by atoms with Crippen LogP contribution in [0.3, 0.4) is 0 Å². The molecule has 2 rings (SSSR count). The molecule has 0 spiro atoms. The van der Waals surface area contributed by atoms with Crippen molar-refractivity contribution in [3.8, 4) is 0 Å². The molecule has 0 atom stereocenters. The largest absolute Gasteiger partial charge is 0.306 e. The lowest BCUT2D eigenvalue weighted by atomic mass is 10.0. The fraction of sp³-hybridized carbons (Fsp3) is 0.481. The minimum absolute atomic E-state index is 0.215. The Hall–Kier alpha value is -2.30. The van der Waals surface area contributed by atoms with Crippen LogP contribution in [0.5, 0.6) is 0 Å². The second-order valence-electron chi connectivity index (χ2n) is 8.51. The van der Waals surface area contributed by atoms with Crippen molar-refractivity contribution in [1.29, 1.82) is 0 Å². The molecule has 0 amide bonds. The number of carbonyl (C=O) groups excluding carboxylic acids is 2. The van der Waals surface area contributed by atoms with Crippen LogP contribution < -0.4 is 0 Å². The summed E-state index contributed by atoms with van der Waals surface area (Å²) in [5.74, 6) is 0.432. The normalized spacial score (nSPS) is 11.3. The van der Waals surface area contributed by atoms with Crippen LogP contribution in [0.4, 0.5) is 0 Å². The highest BCUT2D eigenvalue weighted by atomic mass is 16.1. The molecule has 0 heterocycles. The van der Waals surface area contributed by atoms with E-state index in [1.807, 2.05) is 48.5 Å². The maximum absolute atomic E-state index is 12.6. The minimum atomic E-state index is 0.215. The predicted molar refractivity (Wildman–Crippen MR) is 129 cm³/mol. The van der Waals surface area contributed by atoms with Crippen molar-refractivity contribution in [2.45, 2.75) is 52.0 Å². The highest BCUT2D eigenvalue weighted by Gasteiger charge is 2.10. The van der Waals surface area contributed by atoms with E-state index in [-0.39, 0.29) is 11.6 Å². The van der Waals surface area contributed by atoms with E-state index in [2.05, 4.69) is 36.9 Å². The number of rotatable bonds is 15. The van der Waals surface area contributed by atoms with Crippen LogP contribution >= 0.6 is 0 Å². The maximum Gasteiger partial charge on any atom is 0.164 e. The van der Waals surface area contributed by atoms with Crippen molar-refractivity contribution in [3.63, 3.8) is 0 Å². The van der Waals surface area contributed by atoms with Crippen molar-refractivity contribution in [2.24, 2.45) is 0 Å². The molecule has 0 radical (unpaired) electrons. The van der Waals surface area contributed by atoms with Gasteiger partial charge in [0.25, 0.3) is 0 Å². The number of hydrogen-bond acceptors (Lipinski definition) is 4. The third-order valence-corrected chi connectivity index (χ3v) is 5.60. The first-order valence-corrected chi connectivity index (χ1v) is 11.6. The fourth-order valence-corrected chi connectivity index (χ4v) is 3.65.